The minimum absolute atomic E-state index is 0.208. The summed E-state index contributed by atoms with van der Waals surface area (Å²) in [4.78, 5) is 25.1. The van der Waals surface area contributed by atoms with Gasteiger partial charge in [0.25, 0.3) is 5.91 Å². The maximum Gasteiger partial charge on any atom is 0.308 e. The van der Waals surface area contributed by atoms with Crippen LogP contribution in [0.2, 0.25) is 5.02 Å². The van der Waals surface area contributed by atoms with Crippen molar-refractivity contribution in [1.29, 1.82) is 0 Å². The number of aliphatic carboxylic acids is 1. The number of benzene rings is 1. The summed E-state index contributed by atoms with van der Waals surface area (Å²) in [6.07, 6.45) is 1.75. The van der Waals surface area contributed by atoms with Crippen LogP contribution in [0.3, 0.4) is 0 Å². The predicted molar refractivity (Wildman–Crippen MR) is 78.6 cm³/mol. The Labute approximate surface area is 131 Å². The van der Waals surface area contributed by atoms with Gasteiger partial charge in [-0.05, 0) is 18.6 Å². The third kappa shape index (κ3) is 2.69. The second-order valence-electron chi connectivity index (χ2n) is 5.16. The lowest BCUT2D eigenvalue weighted by Gasteiger charge is -2.15. The summed E-state index contributed by atoms with van der Waals surface area (Å²) in [5, 5.41) is 13.5. The number of carboxylic acid groups (broad SMARTS) is 1. The van der Waals surface area contributed by atoms with Crippen molar-refractivity contribution < 1.29 is 19.2 Å². The smallest absolute Gasteiger partial charge is 0.308 e. The number of carbonyl (C=O) groups is 2. The summed E-state index contributed by atoms with van der Waals surface area (Å²) >= 11 is 5.85. The van der Waals surface area contributed by atoms with Crippen LogP contribution in [0, 0.1) is 5.92 Å². The number of amides is 1. The SMILES string of the molecule is O=C(O)[C@@H]1CCN(C(=O)c2conc2-c2ccc(Cl)cc2)C1. The van der Waals surface area contributed by atoms with Gasteiger partial charge in [-0.2, -0.15) is 0 Å². The van der Waals surface area contributed by atoms with Crippen LogP contribution in [0.4, 0.5) is 0 Å². The predicted octanol–water partition coefficient (Wildman–Crippen LogP) is 2.54. The van der Waals surface area contributed by atoms with E-state index in [1.807, 2.05) is 0 Å². The third-order valence-electron chi connectivity index (χ3n) is 3.74. The third-order valence-corrected chi connectivity index (χ3v) is 3.99. The van der Waals surface area contributed by atoms with Crippen molar-refractivity contribution in [3.63, 3.8) is 0 Å². The van der Waals surface area contributed by atoms with Gasteiger partial charge in [0.2, 0.25) is 0 Å². The Bertz CT molecular complexity index is 711. The second-order valence-corrected chi connectivity index (χ2v) is 5.60. The van der Waals surface area contributed by atoms with E-state index in [9.17, 15) is 9.59 Å². The van der Waals surface area contributed by atoms with Gasteiger partial charge >= 0.3 is 5.97 Å². The molecule has 6 nitrogen and oxygen atoms in total. The molecule has 1 aliphatic heterocycles. The average Bonchev–Trinajstić information content (AvgIpc) is 3.17. The van der Waals surface area contributed by atoms with Crippen molar-refractivity contribution >= 4 is 23.5 Å². The van der Waals surface area contributed by atoms with E-state index in [1.54, 1.807) is 24.3 Å². The Morgan fingerprint density at radius 1 is 1.32 bits per heavy atom. The number of rotatable bonds is 3. The average molecular weight is 321 g/mol. The highest BCUT2D eigenvalue weighted by Crippen LogP contribution is 2.27. The molecule has 1 aliphatic rings. The van der Waals surface area contributed by atoms with Crippen molar-refractivity contribution in [3.8, 4) is 11.3 Å². The number of hydrogen-bond donors (Lipinski definition) is 1. The Morgan fingerprint density at radius 3 is 2.68 bits per heavy atom. The van der Waals surface area contributed by atoms with E-state index in [0.29, 0.717) is 29.2 Å². The van der Waals surface area contributed by atoms with Gasteiger partial charge in [0.1, 0.15) is 17.5 Å². The van der Waals surface area contributed by atoms with E-state index >= 15 is 0 Å². The van der Waals surface area contributed by atoms with E-state index in [4.69, 9.17) is 21.2 Å². The maximum atomic E-state index is 12.5. The summed E-state index contributed by atoms with van der Waals surface area (Å²) in [5.41, 5.74) is 1.48. The van der Waals surface area contributed by atoms with Gasteiger partial charge in [0.05, 0.1) is 5.92 Å². The Hall–Kier alpha value is -2.34. The number of likely N-dealkylation sites (tertiary alicyclic amines) is 1. The highest BCUT2D eigenvalue weighted by Gasteiger charge is 2.33. The molecule has 1 aromatic heterocycles. The van der Waals surface area contributed by atoms with Crippen LogP contribution in [-0.4, -0.2) is 40.1 Å². The summed E-state index contributed by atoms with van der Waals surface area (Å²) in [6, 6.07) is 6.91. The molecule has 114 valence electrons. The van der Waals surface area contributed by atoms with Crippen molar-refractivity contribution in [2.45, 2.75) is 6.42 Å². The molecule has 1 aromatic carbocycles. The topological polar surface area (TPSA) is 83.6 Å². The van der Waals surface area contributed by atoms with E-state index in [-0.39, 0.29) is 12.5 Å². The summed E-state index contributed by atoms with van der Waals surface area (Å²) < 4.78 is 4.94. The fraction of sp³-hybridized carbons (Fsp3) is 0.267. The molecule has 0 unspecified atom stereocenters. The van der Waals surface area contributed by atoms with Crippen LogP contribution in [0.5, 0.6) is 0 Å². The van der Waals surface area contributed by atoms with Crippen LogP contribution in [0.1, 0.15) is 16.8 Å². The van der Waals surface area contributed by atoms with Crippen LogP contribution < -0.4 is 0 Å². The monoisotopic (exact) mass is 320 g/mol. The zero-order valence-corrected chi connectivity index (χ0v) is 12.3. The van der Waals surface area contributed by atoms with Gasteiger partial charge in [-0.1, -0.05) is 28.9 Å². The number of carboxylic acids is 1. The minimum atomic E-state index is -0.876. The number of aromatic nitrogens is 1. The highest BCUT2D eigenvalue weighted by molar-refractivity contribution is 6.30. The highest BCUT2D eigenvalue weighted by atomic mass is 35.5. The second kappa shape index (κ2) is 5.81. The largest absolute Gasteiger partial charge is 0.481 e. The maximum absolute atomic E-state index is 12.5. The van der Waals surface area contributed by atoms with Gasteiger partial charge in [0.15, 0.2) is 0 Å². The fourth-order valence-corrected chi connectivity index (χ4v) is 2.65. The van der Waals surface area contributed by atoms with Gasteiger partial charge in [-0.15, -0.1) is 0 Å². The van der Waals surface area contributed by atoms with Crippen LogP contribution >= 0.6 is 11.6 Å². The lowest BCUT2D eigenvalue weighted by Crippen LogP contribution is -2.30. The molecule has 3 rings (SSSR count). The first-order chi connectivity index (χ1) is 10.6. The van der Waals surface area contributed by atoms with Crippen molar-refractivity contribution in [2.24, 2.45) is 5.92 Å². The quantitative estimate of drug-likeness (QED) is 0.939. The first kappa shape index (κ1) is 14.6. The summed E-state index contributed by atoms with van der Waals surface area (Å²) in [6.45, 7) is 0.625. The molecule has 0 aliphatic carbocycles. The molecule has 1 fully saturated rings. The number of hydrogen-bond acceptors (Lipinski definition) is 4. The van der Waals surface area contributed by atoms with Gasteiger partial charge < -0.3 is 14.5 Å². The molecule has 1 atom stereocenters. The van der Waals surface area contributed by atoms with E-state index in [0.717, 1.165) is 5.56 Å². The van der Waals surface area contributed by atoms with Crippen LogP contribution in [0.25, 0.3) is 11.3 Å². The van der Waals surface area contributed by atoms with E-state index < -0.39 is 11.9 Å². The Morgan fingerprint density at radius 2 is 2.05 bits per heavy atom. The first-order valence-corrected chi connectivity index (χ1v) is 7.16. The molecule has 22 heavy (non-hydrogen) atoms. The van der Waals surface area contributed by atoms with Gasteiger partial charge in [0, 0.05) is 23.7 Å². The molecule has 0 saturated carbocycles. The number of nitrogens with zero attached hydrogens (tertiary/aromatic N) is 2. The zero-order chi connectivity index (χ0) is 15.7. The lowest BCUT2D eigenvalue weighted by atomic mass is 10.1. The minimum Gasteiger partial charge on any atom is -0.481 e. The summed E-state index contributed by atoms with van der Waals surface area (Å²) in [5.74, 6) is -1.66. The van der Waals surface area contributed by atoms with Gasteiger partial charge in [-0.25, -0.2) is 0 Å². The molecule has 7 heteroatoms. The van der Waals surface area contributed by atoms with Crippen LogP contribution in [0.15, 0.2) is 35.1 Å². The van der Waals surface area contributed by atoms with Crippen molar-refractivity contribution in [2.75, 3.05) is 13.1 Å². The lowest BCUT2D eigenvalue weighted by molar-refractivity contribution is -0.141. The molecule has 0 spiro atoms. The fourth-order valence-electron chi connectivity index (χ4n) is 2.52. The van der Waals surface area contributed by atoms with Crippen molar-refractivity contribution in [1.82, 2.24) is 10.1 Å². The molecule has 0 bridgehead atoms. The standard InChI is InChI=1S/C15H13ClN2O4/c16-11-3-1-9(2-4-11)13-12(8-22-17-13)14(19)18-6-5-10(7-18)15(20)21/h1-4,8,10H,5-7H2,(H,20,21)/t10-/m1/s1. The van der Waals surface area contributed by atoms with Gasteiger partial charge in [-0.3, -0.25) is 9.59 Å². The summed E-state index contributed by atoms with van der Waals surface area (Å²) in [7, 11) is 0. The first-order valence-electron chi connectivity index (χ1n) is 6.78. The molecule has 1 N–H and O–H groups in total. The Kier molecular flexibility index (Phi) is 3.85. The Balaban J connectivity index is 1.84. The molecule has 0 radical (unpaired) electrons. The molecular weight excluding hydrogens is 308 g/mol. The molecular formula is C15H13ClN2O4. The zero-order valence-electron chi connectivity index (χ0n) is 11.5. The number of carbonyl (C=O) groups excluding carboxylic acids is 1. The van der Waals surface area contributed by atoms with E-state index in [1.165, 1.54) is 11.2 Å². The molecule has 1 saturated heterocycles. The molecule has 1 amide bonds. The normalized spacial score (nSPS) is 17.7. The van der Waals surface area contributed by atoms with Crippen LogP contribution in [-0.2, 0) is 4.79 Å². The van der Waals surface area contributed by atoms with E-state index in [2.05, 4.69) is 5.16 Å². The number of halogens is 1. The molecule has 2 heterocycles. The van der Waals surface area contributed by atoms with Crippen molar-refractivity contribution in [3.05, 3.63) is 41.1 Å². The molecule has 2 aromatic rings.